The highest BCUT2D eigenvalue weighted by molar-refractivity contribution is 6.00. The van der Waals surface area contributed by atoms with E-state index in [0.717, 1.165) is 11.3 Å². The van der Waals surface area contributed by atoms with E-state index in [9.17, 15) is 0 Å². The molecule has 3 heteroatoms. The fourth-order valence-electron chi connectivity index (χ4n) is 1.10. The van der Waals surface area contributed by atoms with E-state index in [1.807, 2.05) is 31.2 Å². The first-order valence-electron chi connectivity index (χ1n) is 4.20. The van der Waals surface area contributed by atoms with Gasteiger partial charge in [0, 0.05) is 5.56 Å². The van der Waals surface area contributed by atoms with Crippen LogP contribution in [0.5, 0.6) is 5.75 Å². The minimum atomic E-state index is 0.559. The standard InChI is InChI=1S/C10H13NO2/c1-3-13-10-7-5-4-6-9(10)8(2)11-12/h4-7,12H,3H2,1-2H3/b11-8-. The van der Waals surface area contributed by atoms with Crippen LogP contribution < -0.4 is 4.74 Å². The van der Waals surface area contributed by atoms with Crippen molar-refractivity contribution in [2.45, 2.75) is 13.8 Å². The molecule has 0 amide bonds. The van der Waals surface area contributed by atoms with Crippen molar-refractivity contribution in [1.29, 1.82) is 0 Å². The molecule has 0 aliphatic rings. The highest BCUT2D eigenvalue weighted by Gasteiger charge is 2.04. The summed E-state index contributed by atoms with van der Waals surface area (Å²) in [5.41, 5.74) is 1.39. The number of para-hydroxylation sites is 1. The van der Waals surface area contributed by atoms with Gasteiger partial charge in [-0.3, -0.25) is 0 Å². The van der Waals surface area contributed by atoms with Gasteiger partial charge in [-0.25, -0.2) is 0 Å². The summed E-state index contributed by atoms with van der Waals surface area (Å²) in [5, 5.41) is 11.8. The quantitative estimate of drug-likeness (QED) is 0.439. The van der Waals surface area contributed by atoms with Crippen LogP contribution in [0.4, 0.5) is 0 Å². The zero-order chi connectivity index (χ0) is 9.68. The highest BCUT2D eigenvalue weighted by atomic mass is 16.5. The van der Waals surface area contributed by atoms with Gasteiger partial charge in [0.25, 0.3) is 0 Å². The molecular weight excluding hydrogens is 166 g/mol. The third-order valence-corrected chi connectivity index (χ3v) is 1.73. The van der Waals surface area contributed by atoms with Gasteiger partial charge in [0.15, 0.2) is 0 Å². The molecule has 0 saturated carbocycles. The van der Waals surface area contributed by atoms with Gasteiger partial charge in [0.1, 0.15) is 5.75 Å². The maximum atomic E-state index is 8.61. The third-order valence-electron chi connectivity index (χ3n) is 1.73. The van der Waals surface area contributed by atoms with Crippen LogP contribution in [-0.4, -0.2) is 17.5 Å². The molecule has 0 heterocycles. The summed E-state index contributed by atoms with van der Waals surface area (Å²) in [5.74, 6) is 0.750. The molecule has 1 aromatic rings. The Labute approximate surface area is 77.6 Å². The molecule has 1 aromatic carbocycles. The molecule has 0 atom stereocenters. The predicted molar refractivity (Wildman–Crippen MR) is 51.6 cm³/mol. The Morgan fingerprint density at radius 3 is 2.77 bits per heavy atom. The molecule has 0 bridgehead atoms. The summed E-state index contributed by atoms with van der Waals surface area (Å²) in [6, 6.07) is 7.49. The number of hydrogen-bond acceptors (Lipinski definition) is 3. The Balaban J connectivity index is 3.04. The summed E-state index contributed by atoms with van der Waals surface area (Å²) >= 11 is 0. The molecule has 0 unspecified atom stereocenters. The van der Waals surface area contributed by atoms with Gasteiger partial charge in [0.2, 0.25) is 0 Å². The second-order valence-electron chi connectivity index (χ2n) is 2.61. The predicted octanol–water partition coefficient (Wildman–Crippen LogP) is 2.28. The highest BCUT2D eigenvalue weighted by Crippen LogP contribution is 2.18. The number of oxime groups is 1. The minimum absolute atomic E-state index is 0.559. The largest absolute Gasteiger partial charge is 0.493 e. The lowest BCUT2D eigenvalue weighted by Crippen LogP contribution is -2.01. The van der Waals surface area contributed by atoms with Crippen LogP contribution in [0.3, 0.4) is 0 Å². The first kappa shape index (κ1) is 9.58. The molecule has 0 spiro atoms. The fourth-order valence-corrected chi connectivity index (χ4v) is 1.10. The molecule has 3 nitrogen and oxygen atoms in total. The van der Waals surface area contributed by atoms with E-state index in [2.05, 4.69) is 5.16 Å². The normalized spacial score (nSPS) is 11.4. The van der Waals surface area contributed by atoms with Crippen LogP contribution in [0.15, 0.2) is 29.4 Å². The van der Waals surface area contributed by atoms with Crippen LogP contribution in [-0.2, 0) is 0 Å². The Morgan fingerprint density at radius 2 is 2.15 bits per heavy atom. The SMILES string of the molecule is CCOc1ccccc1/C(C)=N\O. The van der Waals surface area contributed by atoms with Gasteiger partial charge in [0.05, 0.1) is 12.3 Å². The molecule has 1 N–H and O–H groups in total. The van der Waals surface area contributed by atoms with E-state index < -0.39 is 0 Å². The smallest absolute Gasteiger partial charge is 0.128 e. The van der Waals surface area contributed by atoms with Crippen LogP contribution in [0.2, 0.25) is 0 Å². The fraction of sp³-hybridized carbons (Fsp3) is 0.300. The average Bonchev–Trinajstić information content (AvgIpc) is 2.18. The Bertz CT molecular complexity index is 308. The van der Waals surface area contributed by atoms with Crippen molar-refractivity contribution in [2.75, 3.05) is 6.61 Å². The van der Waals surface area contributed by atoms with Crippen molar-refractivity contribution in [2.24, 2.45) is 5.16 Å². The zero-order valence-electron chi connectivity index (χ0n) is 7.82. The number of benzene rings is 1. The van der Waals surface area contributed by atoms with Crippen LogP contribution >= 0.6 is 0 Å². The van der Waals surface area contributed by atoms with Crippen LogP contribution in [0.1, 0.15) is 19.4 Å². The number of ether oxygens (including phenoxy) is 1. The van der Waals surface area contributed by atoms with Gasteiger partial charge in [-0.05, 0) is 26.0 Å². The lowest BCUT2D eigenvalue weighted by atomic mass is 10.1. The van der Waals surface area contributed by atoms with E-state index in [0.29, 0.717) is 12.3 Å². The molecule has 1 rings (SSSR count). The average molecular weight is 179 g/mol. The topological polar surface area (TPSA) is 41.8 Å². The van der Waals surface area contributed by atoms with Gasteiger partial charge in [-0.2, -0.15) is 0 Å². The van der Waals surface area contributed by atoms with E-state index in [1.54, 1.807) is 6.92 Å². The molecule has 70 valence electrons. The van der Waals surface area contributed by atoms with Crippen LogP contribution in [0, 0.1) is 0 Å². The van der Waals surface area contributed by atoms with Gasteiger partial charge in [-0.15, -0.1) is 0 Å². The van der Waals surface area contributed by atoms with Crippen molar-refractivity contribution < 1.29 is 9.94 Å². The van der Waals surface area contributed by atoms with Crippen molar-refractivity contribution >= 4 is 5.71 Å². The zero-order valence-corrected chi connectivity index (χ0v) is 7.82. The van der Waals surface area contributed by atoms with E-state index in [-0.39, 0.29) is 0 Å². The van der Waals surface area contributed by atoms with Crippen LogP contribution in [0.25, 0.3) is 0 Å². The molecule has 13 heavy (non-hydrogen) atoms. The lowest BCUT2D eigenvalue weighted by Gasteiger charge is -2.07. The van der Waals surface area contributed by atoms with Crippen molar-refractivity contribution in [3.05, 3.63) is 29.8 Å². The maximum absolute atomic E-state index is 8.61. The summed E-state index contributed by atoms with van der Waals surface area (Å²) in [6.45, 7) is 4.26. The Hall–Kier alpha value is -1.51. The third kappa shape index (κ3) is 2.21. The second kappa shape index (κ2) is 4.50. The molecule has 0 radical (unpaired) electrons. The Kier molecular flexibility index (Phi) is 3.31. The minimum Gasteiger partial charge on any atom is -0.493 e. The molecule has 0 saturated heterocycles. The van der Waals surface area contributed by atoms with Gasteiger partial charge >= 0.3 is 0 Å². The molecule has 0 aromatic heterocycles. The van der Waals surface area contributed by atoms with Gasteiger partial charge < -0.3 is 9.94 Å². The number of nitrogens with zero attached hydrogens (tertiary/aromatic N) is 1. The number of rotatable bonds is 3. The molecule has 0 aliphatic carbocycles. The van der Waals surface area contributed by atoms with Crippen molar-refractivity contribution in [3.8, 4) is 5.75 Å². The first-order chi connectivity index (χ1) is 6.29. The van der Waals surface area contributed by atoms with Gasteiger partial charge in [-0.1, -0.05) is 17.3 Å². The molecule has 0 fully saturated rings. The lowest BCUT2D eigenvalue weighted by molar-refractivity contribution is 0.317. The first-order valence-corrected chi connectivity index (χ1v) is 4.20. The number of hydrogen-bond donors (Lipinski definition) is 1. The summed E-state index contributed by atoms with van der Waals surface area (Å²) in [4.78, 5) is 0. The second-order valence-corrected chi connectivity index (χ2v) is 2.61. The monoisotopic (exact) mass is 179 g/mol. The summed E-state index contributed by atoms with van der Waals surface area (Å²) in [6.07, 6.45) is 0. The van der Waals surface area contributed by atoms with E-state index in [1.165, 1.54) is 0 Å². The van der Waals surface area contributed by atoms with E-state index >= 15 is 0 Å². The summed E-state index contributed by atoms with van der Waals surface area (Å²) < 4.78 is 5.37. The van der Waals surface area contributed by atoms with E-state index in [4.69, 9.17) is 9.94 Å². The molecule has 0 aliphatic heterocycles. The Morgan fingerprint density at radius 1 is 1.46 bits per heavy atom. The van der Waals surface area contributed by atoms with Crippen molar-refractivity contribution in [3.63, 3.8) is 0 Å². The van der Waals surface area contributed by atoms with Crippen molar-refractivity contribution in [1.82, 2.24) is 0 Å². The molecular formula is C10H13NO2. The maximum Gasteiger partial charge on any atom is 0.128 e. The summed E-state index contributed by atoms with van der Waals surface area (Å²) in [7, 11) is 0.